The molecule has 3 rings (SSSR count). The molecule has 32 heavy (non-hydrogen) atoms. The van der Waals surface area contributed by atoms with E-state index in [0.717, 1.165) is 34.0 Å². The molecule has 0 bridgehead atoms. The zero-order valence-electron chi connectivity index (χ0n) is 21.3. The summed E-state index contributed by atoms with van der Waals surface area (Å²) >= 11 is 0. The van der Waals surface area contributed by atoms with E-state index in [0.29, 0.717) is 0 Å². The Labute approximate surface area is 193 Å². The minimum Gasteiger partial charge on any atom is -0.496 e. The van der Waals surface area contributed by atoms with Gasteiger partial charge in [0.05, 0.1) is 25.6 Å². The minimum absolute atomic E-state index is 0.0366. The number of ether oxygens (including phenoxy) is 2. The average molecular weight is 432 g/mol. The predicted molar refractivity (Wildman–Crippen MR) is 135 cm³/mol. The monoisotopic (exact) mass is 431 g/mol. The van der Waals surface area contributed by atoms with Gasteiger partial charge >= 0.3 is 0 Å². The maximum absolute atomic E-state index is 5.92. The summed E-state index contributed by atoms with van der Waals surface area (Å²) in [5, 5.41) is 0. The van der Waals surface area contributed by atoms with Gasteiger partial charge in [-0.05, 0) is 60.1 Å². The third-order valence-electron chi connectivity index (χ3n) is 5.79. The Hall–Kier alpha value is -2.81. The Morgan fingerprint density at radius 1 is 0.625 bits per heavy atom. The first-order valence-electron chi connectivity index (χ1n) is 11.2. The number of methoxy groups -OCH3 is 2. The lowest BCUT2D eigenvalue weighted by Gasteiger charge is -2.25. The van der Waals surface area contributed by atoms with Crippen molar-refractivity contribution in [2.75, 3.05) is 14.2 Å². The van der Waals surface area contributed by atoms with Crippen molar-refractivity contribution in [2.45, 2.75) is 66.2 Å². The van der Waals surface area contributed by atoms with E-state index in [4.69, 9.17) is 14.5 Å². The Morgan fingerprint density at radius 2 is 1.00 bits per heavy atom. The van der Waals surface area contributed by atoms with Gasteiger partial charge < -0.3 is 9.47 Å². The summed E-state index contributed by atoms with van der Waals surface area (Å²) in [6, 6.07) is 14.9. The summed E-state index contributed by atoms with van der Waals surface area (Å²) < 4.78 is 11.8. The fourth-order valence-electron chi connectivity index (χ4n) is 4.22. The lowest BCUT2D eigenvalue weighted by atomic mass is 9.83. The maximum Gasteiger partial charge on any atom is 0.131 e. The molecule has 0 radical (unpaired) electrons. The normalized spacial score (nSPS) is 12.1. The van der Waals surface area contributed by atoms with Crippen LogP contribution in [0.25, 0.3) is 22.5 Å². The lowest BCUT2D eigenvalue weighted by molar-refractivity contribution is 0.399. The molecular formula is C29H37NO2. The third-order valence-corrected chi connectivity index (χ3v) is 5.79. The van der Waals surface area contributed by atoms with E-state index in [1.54, 1.807) is 14.2 Å². The molecule has 0 saturated heterocycles. The van der Waals surface area contributed by atoms with Crippen molar-refractivity contribution in [3.63, 3.8) is 0 Å². The molecule has 0 aliphatic rings. The predicted octanol–water partition coefficient (Wildman–Crippen LogP) is 7.64. The zero-order valence-corrected chi connectivity index (χ0v) is 21.3. The van der Waals surface area contributed by atoms with Gasteiger partial charge in [0.2, 0.25) is 0 Å². The number of aryl methyl sites for hydroxylation is 2. The van der Waals surface area contributed by atoms with Gasteiger partial charge in [-0.2, -0.15) is 0 Å². The lowest BCUT2D eigenvalue weighted by Crippen LogP contribution is -2.14. The van der Waals surface area contributed by atoms with Gasteiger partial charge in [0, 0.05) is 22.3 Å². The van der Waals surface area contributed by atoms with Crippen molar-refractivity contribution >= 4 is 0 Å². The SMILES string of the molecule is COc1c(-c2cccc(-c3cc(C)cc(C(C)(C)C)c3OC)n2)cc(C)cc1C(C)(C)C. The Balaban J connectivity index is 2.27. The molecule has 170 valence electrons. The molecule has 0 spiro atoms. The first-order valence-corrected chi connectivity index (χ1v) is 11.2. The molecule has 3 heteroatoms. The van der Waals surface area contributed by atoms with Gasteiger partial charge in [-0.1, -0.05) is 59.7 Å². The van der Waals surface area contributed by atoms with E-state index in [9.17, 15) is 0 Å². The number of rotatable bonds is 4. The van der Waals surface area contributed by atoms with E-state index in [1.807, 2.05) is 0 Å². The number of benzene rings is 2. The molecule has 0 fully saturated rings. The van der Waals surface area contributed by atoms with Gasteiger partial charge in [0.15, 0.2) is 0 Å². The summed E-state index contributed by atoms with van der Waals surface area (Å²) in [6.07, 6.45) is 0. The van der Waals surface area contributed by atoms with E-state index in [-0.39, 0.29) is 10.8 Å². The number of aromatic nitrogens is 1. The Bertz CT molecular complexity index is 1040. The van der Waals surface area contributed by atoms with Crippen molar-refractivity contribution in [3.8, 4) is 34.0 Å². The molecule has 0 amide bonds. The minimum atomic E-state index is -0.0366. The van der Waals surface area contributed by atoms with Crippen LogP contribution in [0.1, 0.15) is 63.8 Å². The molecule has 0 N–H and O–H groups in total. The van der Waals surface area contributed by atoms with E-state index in [1.165, 1.54) is 22.3 Å². The molecule has 0 saturated carbocycles. The maximum atomic E-state index is 5.92. The smallest absolute Gasteiger partial charge is 0.131 e. The Morgan fingerprint density at radius 3 is 1.31 bits per heavy atom. The van der Waals surface area contributed by atoms with Crippen LogP contribution in [0.15, 0.2) is 42.5 Å². The van der Waals surface area contributed by atoms with Crippen molar-refractivity contribution < 1.29 is 9.47 Å². The molecule has 3 nitrogen and oxygen atoms in total. The van der Waals surface area contributed by atoms with E-state index >= 15 is 0 Å². The number of pyridine rings is 1. The zero-order chi connectivity index (χ0) is 23.8. The van der Waals surface area contributed by atoms with E-state index < -0.39 is 0 Å². The number of hydrogen-bond donors (Lipinski definition) is 0. The first kappa shape index (κ1) is 23.8. The van der Waals surface area contributed by atoms with Crippen LogP contribution >= 0.6 is 0 Å². The summed E-state index contributed by atoms with van der Waals surface area (Å²) in [7, 11) is 3.49. The molecule has 0 aliphatic carbocycles. The molecule has 1 heterocycles. The molecule has 0 aliphatic heterocycles. The summed E-state index contributed by atoms with van der Waals surface area (Å²) in [6.45, 7) is 17.5. The van der Waals surface area contributed by atoms with Crippen LogP contribution in [-0.2, 0) is 10.8 Å². The highest BCUT2D eigenvalue weighted by Gasteiger charge is 2.25. The van der Waals surface area contributed by atoms with Crippen LogP contribution in [0, 0.1) is 13.8 Å². The summed E-state index contributed by atoms with van der Waals surface area (Å²) in [4.78, 5) is 5.10. The fraction of sp³-hybridized carbons (Fsp3) is 0.414. The number of hydrogen-bond acceptors (Lipinski definition) is 3. The standard InChI is InChI=1S/C29H37NO2/c1-18-14-20(26(31-9)22(16-18)28(3,4)5)24-12-11-13-25(30-24)21-15-19(2)17-23(27(21)32-10)29(6,7)8/h11-17H,1-10H3. The fourth-order valence-corrected chi connectivity index (χ4v) is 4.22. The van der Waals surface area contributed by atoms with Crippen LogP contribution in [0.4, 0.5) is 0 Å². The molecular weight excluding hydrogens is 394 g/mol. The van der Waals surface area contributed by atoms with Crippen molar-refractivity contribution in [2.24, 2.45) is 0 Å². The second-order valence-corrected chi connectivity index (χ2v) is 10.7. The second-order valence-electron chi connectivity index (χ2n) is 10.7. The first-order chi connectivity index (χ1) is 14.9. The molecule has 0 unspecified atom stereocenters. The number of nitrogens with zero attached hydrogens (tertiary/aromatic N) is 1. The van der Waals surface area contributed by atoms with Crippen LogP contribution in [0.2, 0.25) is 0 Å². The average Bonchev–Trinajstić information content (AvgIpc) is 2.71. The Kier molecular flexibility index (Phi) is 6.42. The molecule has 0 atom stereocenters. The second kappa shape index (κ2) is 8.61. The highest BCUT2D eigenvalue weighted by atomic mass is 16.5. The van der Waals surface area contributed by atoms with Crippen molar-refractivity contribution in [1.82, 2.24) is 4.98 Å². The molecule has 2 aromatic carbocycles. The molecule has 3 aromatic rings. The van der Waals surface area contributed by atoms with Crippen molar-refractivity contribution in [3.05, 3.63) is 64.7 Å². The molecule has 1 aromatic heterocycles. The van der Waals surface area contributed by atoms with Gasteiger partial charge in [-0.25, -0.2) is 4.98 Å². The highest BCUT2D eigenvalue weighted by Crippen LogP contribution is 2.42. The van der Waals surface area contributed by atoms with E-state index in [2.05, 4.69) is 97.9 Å². The van der Waals surface area contributed by atoms with Gasteiger partial charge in [0.1, 0.15) is 11.5 Å². The van der Waals surface area contributed by atoms with Gasteiger partial charge in [-0.3, -0.25) is 0 Å². The van der Waals surface area contributed by atoms with Crippen LogP contribution in [0.3, 0.4) is 0 Å². The largest absolute Gasteiger partial charge is 0.496 e. The third kappa shape index (κ3) is 4.67. The topological polar surface area (TPSA) is 31.4 Å². The summed E-state index contributed by atoms with van der Waals surface area (Å²) in [5.41, 5.74) is 8.52. The van der Waals surface area contributed by atoms with Gasteiger partial charge in [-0.15, -0.1) is 0 Å². The van der Waals surface area contributed by atoms with Crippen LogP contribution < -0.4 is 9.47 Å². The quantitative estimate of drug-likeness (QED) is 0.425. The van der Waals surface area contributed by atoms with Crippen molar-refractivity contribution in [1.29, 1.82) is 0 Å². The van der Waals surface area contributed by atoms with Crippen LogP contribution in [0.5, 0.6) is 11.5 Å². The highest BCUT2D eigenvalue weighted by molar-refractivity contribution is 5.76. The summed E-state index contributed by atoms with van der Waals surface area (Å²) in [5.74, 6) is 1.78. The van der Waals surface area contributed by atoms with Gasteiger partial charge in [0.25, 0.3) is 0 Å². The van der Waals surface area contributed by atoms with Crippen LogP contribution in [-0.4, -0.2) is 19.2 Å².